The summed E-state index contributed by atoms with van der Waals surface area (Å²) >= 11 is 0. The van der Waals surface area contributed by atoms with Crippen molar-refractivity contribution in [3.05, 3.63) is 23.8 Å². The van der Waals surface area contributed by atoms with Crippen LogP contribution in [0.15, 0.2) is 23.1 Å². The third-order valence-corrected chi connectivity index (χ3v) is 4.61. The Balaban J connectivity index is 2.94. The fraction of sp³-hybridized carbons (Fsp3) is 0.500. The number of carbonyl (C=O) groups excluding carboxylic acids is 1. The van der Waals surface area contributed by atoms with Gasteiger partial charge in [0.15, 0.2) is 0 Å². The van der Waals surface area contributed by atoms with Crippen LogP contribution in [-0.2, 0) is 20.3 Å². The molecule has 0 saturated carbocycles. The molecule has 0 aliphatic carbocycles. The normalized spacial score (nSPS) is 11.2. The Morgan fingerprint density at radius 2 is 1.90 bits per heavy atom. The minimum atomic E-state index is -3.79. The van der Waals surface area contributed by atoms with Crippen LogP contribution in [0.4, 0.5) is 0 Å². The predicted octanol–water partition coefficient (Wildman–Crippen LogP) is 2.42. The Morgan fingerprint density at radius 1 is 1.29 bits per heavy atom. The molecule has 0 bridgehead atoms. The maximum Gasteiger partial charge on any atom is 0.261 e. The average molecular weight is 334 g/mol. The fourth-order valence-electron chi connectivity index (χ4n) is 2.08. The number of hydrogen-bond acceptors (Lipinski definition) is 4. The molecule has 0 aliphatic rings. The maximum absolute atomic E-state index is 12.0. The first-order valence-corrected chi connectivity index (χ1v) is 9.03. The van der Waals surface area contributed by atoms with Crippen LogP contribution in [0, 0.1) is 0 Å². The van der Waals surface area contributed by atoms with Gasteiger partial charge in [-0.25, -0.2) is 8.42 Å². The van der Waals surface area contributed by atoms with Crippen molar-refractivity contribution < 1.29 is 17.9 Å². The lowest BCUT2D eigenvalue weighted by Gasteiger charge is -2.18. The zero-order valence-corrected chi connectivity index (χ0v) is 14.0. The van der Waals surface area contributed by atoms with Crippen LogP contribution in [0.3, 0.4) is 0 Å². The molecular weight excluding hydrogens is 314 g/mol. The molecule has 0 unspecified atom stereocenters. The number of halogens is 1. The lowest BCUT2D eigenvalue weighted by Crippen LogP contribution is -2.30. The van der Waals surface area contributed by atoms with E-state index >= 15 is 0 Å². The van der Waals surface area contributed by atoms with Crippen molar-refractivity contribution in [3.8, 4) is 5.75 Å². The minimum Gasteiger partial charge on any atom is -0.496 e. The van der Waals surface area contributed by atoms with Crippen LogP contribution in [-0.4, -0.2) is 39.4 Å². The van der Waals surface area contributed by atoms with Crippen molar-refractivity contribution in [1.29, 1.82) is 0 Å². The highest BCUT2D eigenvalue weighted by atomic mass is 35.7. The lowest BCUT2D eigenvalue weighted by molar-refractivity contribution is -0.130. The molecule has 0 spiro atoms. The monoisotopic (exact) mass is 333 g/mol. The number of rotatable bonds is 7. The molecule has 1 aromatic carbocycles. The molecule has 0 N–H and O–H groups in total. The van der Waals surface area contributed by atoms with Crippen molar-refractivity contribution in [2.24, 2.45) is 0 Å². The van der Waals surface area contributed by atoms with Gasteiger partial charge in [0.1, 0.15) is 5.75 Å². The molecule has 0 atom stereocenters. The van der Waals surface area contributed by atoms with Gasteiger partial charge in [0.2, 0.25) is 5.91 Å². The SMILES string of the molecule is CCN(CC)C(=O)CCc1cc(S(=O)(=O)Cl)ccc1OC. The lowest BCUT2D eigenvalue weighted by atomic mass is 10.1. The highest BCUT2D eigenvalue weighted by Crippen LogP contribution is 2.25. The Kier molecular flexibility index (Phi) is 6.48. The topological polar surface area (TPSA) is 63.7 Å². The first-order chi connectivity index (χ1) is 9.83. The summed E-state index contributed by atoms with van der Waals surface area (Å²) < 4.78 is 27.9. The van der Waals surface area contributed by atoms with E-state index in [1.807, 2.05) is 13.8 Å². The van der Waals surface area contributed by atoms with Crippen LogP contribution in [0.2, 0.25) is 0 Å². The molecule has 1 aromatic rings. The maximum atomic E-state index is 12.0. The number of carbonyl (C=O) groups is 1. The molecule has 0 heterocycles. The molecule has 0 aliphatic heterocycles. The van der Waals surface area contributed by atoms with Crippen LogP contribution >= 0.6 is 10.7 Å². The molecule has 7 heteroatoms. The molecule has 1 rings (SSSR count). The summed E-state index contributed by atoms with van der Waals surface area (Å²) in [6.07, 6.45) is 0.697. The summed E-state index contributed by atoms with van der Waals surface area (Å²) in [6.45, 7) is 5.15. The molecule has 21 heavy (non-hydrogen) atoms. The zero-order valence-electron chi connectivity index (χ0n) is 12.4. The summed E-state index contributed by atoms with van der Waals surface area (Å²) in [6, 6.07) is 4.39. The van der Waals surface area contributed by atoms with E-state index in [1.54, 1.807) is 11.0 Å². The largest absolute Gasteiger partial charge is 0.496 e. The Bertz CT molecular complexity index is 597. The number of amides is 1. The van der Waals surface area contributed by atoms with E-state index in [4.69, 9.17) is 15.4 Å². The second kappa shape index (κ2) is 7.66. The van der Waals surface area contributed by atoms with Gasteiger partial charge in [0.25, 0.3) is 9.05 Å². The molecule has 0 saturated heterocycles. The summed E-state index contributed by atoms with van der Waals surface area (Å²) in [4.78, 5) is 13.7. The van der Waals surface area contributed by atoms with Crippen LogP contribution in [0.1, 0.15) is 25.8 Å². The van der Waals surface area contributed by atoms with E-state index in [0.717, 1.165) is 0 Å². The average Bonchev–Trinajstić information content (AvgIpc) is 2.45. The molecule has 0 radical (unpaired) electrons. The summed E-state index contributed by atoms with van der Waals surface area (Å²) in [5.74, 6) is 0.576. The predicted molar refractivity (Wildman–Crippen MR) is 82.3 cm³/mol. The number of ether oxygens (including phenoxy) is 1. The van der Waals surface area contributed by atoms with Crippen LogP contribution in [0.25, 0.3) is 0 Å². The van der Waals surface area contributed by atoms with E-state index in [1.165, 1.54) is 19.2 Å². The summed E-state index contributed by atoms with van der Waals surface area (Å²) in [5, 5.41) is 0. The highest BCUT2D eigenvalue weighted by Gasteiger charge is 2.15. The first kappa shape index (κ1) is 17.8. The number of nitrogens with zero attached hydrogens (tertiary/aromatic N) is 1. The van der Waals surface area contributed by atoms with Crippen LogP contribution in [0.5, 0.6) is 5.75 Å². The first-order valence-electron chi connectivity index (χ1n) is 6.72. The van der Waals surface area contributed by atoms with Gasteiger partial charge in [-0.3, -0.25) is 4.79 Å². The molecule has 5 nitrogen and oxygen atoms in total. The minimum absolute atomic E-state index is 0.00950. The highest BCUT2D eigenvalue weighted by molar-refractivity contribution is 8.13. The van der Waals surface area contributed by atoms with Crippen molar-refractivity contribution in [2.75, 3.05) is 20.2 Å². The molecule has 0 aromatic heterocycles. The number of hydrogen-bond donors (Lipinski definition) is 0. The van der Waals surface area contributed by atoms with Gasteiger partial charge in [-0.05, 0) is 44.0 Å². The van der Waals surface area contributed by atoms with Gasteiger partial charge in [-0.1, -0.05) is 0 Å². The van der Waals surface area contributed by atoms with Crippen molar-refractivity contribution in [2.45, 2.75) is 31.6 Å². The fourth-order valence-corrected chi connectivity index (χ4v) is 2.88. The quantitative estimate of drug-likeness (QED) is 0.719. The van der Waals surface area contributed by atoms with Gasteiger partial charge in [-0.2, -0.15) is 0 Å². The summed E-state index contributed by atoms with van der Waals surface area (Å²) in [5.41, 5.74) is 0.653. The summed E-state index contributed by atoms with van der Waals surface area (Å²) in [7, 11) is 3.05. The van der Waals surface area contributed by atoms with E-state index in [0.29, 0.717) is 37.2 Å². The van der Waals surface area contributed by atoms with E-state index in [9.17, 15) is 13.2 Å². The Hall–Kier alpha value is -1.27. The number of benzene rings is 1. The van der Waals surface area contributed by atoms with Crippen molar-refractivity contribution >= 4 is 25.6 Å². The van der Waals surface area contributed by atoms with E-state index in [-0.39, 0.29) is 10.8 Å². The van der Waals surface area contributed by atoms with Crippen molar-refractivity contribution in [1.82, 2.24) is 4.90 Å². The van der Waals surface area contributed by atoms with E-state index < -0.39 is 9.05 Å². The van der Waals surface area contributed by atoms with Crippen molar-refractivity contribution in [3.63, 3.8) is 0 Å². The number of methoxy groups -OCH3 is 1. The Morgan fingerprint density at radius 3 is 2.38 bits per heavy atom. The molecule has 118 valence electrons. The molecule has 0 fully saturated rings. The third kappa shape index (κ3) is 4.89. The standard InChI is InChI=1S/C14H20ClNO4S/c1-4-16(5-2)14(17)9-6-11-10-12(21(15,18)19)7-8-13(11)20-3/h7-8,10H,4-6,9H2,1-3H3. The van der Waals surface area contributed by atoms with Gasteiger partial charge < -0.3 is 9.64 Å². The third-order valence-electron chi connectivity index (χ3n) is 3.26. The van der Waals surface area contributed by atoms with Gasteiger partial charge in [0.05, 0.1) is 12.0 Å². The van der Waals surface area contributed by atoms with Crippen LogP contribution < -0.4 is 4.74 Å². The van der Waals surface area contributed by atoms with Gasteiger partial charge in [0, 0.05) is 30.2 Å². The van der Waals surface area contributed by atoms with Gasteiger partial charge >= 0.3 is 0 Å². The second-order valence-corrected chi connectivity index (χ2v) is 7.04. The van der Waals surface area contributed by atoms with E-state index in [2.05, 4.69) is 0 Å². The molecular formula is C14H20ClNO4S. The number of aryl methyl sites for hydroxylation is 1. The van der Waals surface area contributed by atoms with Gasteiger partial charge in [-0.15, -0.1) is 0 Å². The smallest absolute Gasteiger partial charge is 0.261 e. The zero-order chi connectivity index (χ0) is 16.0. The second-order valence-electron chi connectivity index (χ2n) is 4.48. The molecule has 1 amide bonds. The Labute approximate surface area is 130 Å².